The maximum Gasteiger partial charge on any atom is 0.262 e. The molecule has 2 aromatic carbocycles. The van der Waals surface area contributed by atoms with Gasteiger partial charge in [-0.2, -0.15) is 0 Å². The minimum atomic E-state index is -0.696. The summed E-state index contributed by atoms with van der Waals surface area (Å²) >= 11 is 1.34. The molecule has 1 aliphatic heterocycles. The summed E-state index contributed by atoms with van der Waals surface area (Å²) in [5.74, 6) is -0.773. The molecule has 0 saturated carbocycles. The van der Waals surface area contributed by atoms with Crippen LogP contribution in [0, 0.1) is 5.92 Å². The standard InChI is InChI=1S/C26H27N3O3S/c30-24(27-21-12-5-2-6-13-21)20-11-7-15-29(18-20)26(32)22(17-19-9-3-1-4-10-19)28-25(31)23-14-8-16-33-23/h1-6,8-10,12-14,16,20,22H,7,11,15,17-18H2,(H,27,30)(H,28,31)/t20?,22-/m0/s1. The number of anilines is 1. The van der Waals surface area contributed by atoms with Gasteiger partial charge in [-0.05, 0) is 42.0 Å². The van der Waals surface area contributed by atoms with E-state index in [0.717, 1.165) is 24.1 Å². The largest absolute Gasteiger partial charge is 0.340 e. The summed E-state index contributed by atoms with van der Waals surface area (Å²) in [4.78, 5) is 41.4. The zero-order valence-corrected chi connectivity index (χ0v) is 19.1. The van der Waals surface area contributed by atoms with Crippen molar-refractivity contribution < 1.29 is 14.4 Å². The van der Waals surface area contributed by atoms with Gasteiger partial charge in [0.15, 0.2) is 0 Å². The number of benzene rings is 2. The topological polar surface area (TPSA) is 78.5 Å². The molecule has 1 aliphatic rings. The number of carbonyl (C=O) groups excluding carboxylic acids is 3. The van der Waals surface area contributed by atoms with Crippen LogP contribution in [0.4, 0.5) is 5.69 Å². The van der Waals surface area contributed by atoms with Crippen LogP contribution in [0.5, 0.6) is 0 Å². The maximum atomic E-state index is 13.5. The van der Waals surface area contributed by atoms with Crippen LogP contribution in [0.2, 0.25) is 0 Å². The number of hydrogen-bond acceptors (Lipinski definition) is 4. The predicted molar refractivity (Wildman–Crippen MR) is 130 cm³/mol. The van der Waals surface area contributed by atoms with Gasteiger partial charge in [-0.25, -0.2) is 0 Å². The highest BCUT2D eigenvalue weighted by Crippen LogP contribution is 2.21. The molecule has 2 atom stereocenters. The Labute approximate surface area is 197 Å². The molecule has 2 N–H and O–H groups in total. The highest BCUT2D eigenvalue weighted by Gasteiger charge is 2.33. The van der Waals surface area contributed by atoms with E-state index in [1.165, 1.54) is 11.3 Å². The number of piperidine rings is 1. The molecule has 0 radical (unpaired) electrons. The van der Waals surface area contributed by atoms with Gasteiger partial charge >= 0.3 is 0 Å². The molecule has 3 amide bonds. The Bertz CT molecular complexity index is 1070. The van der Waals surface area contributed by atoms with Crippen molar-refractivity contribution in [3.8, 4) is 0 Å². The number of thiophene rings is 1. The average molecular weight is 462 g/mol. The summed E-state index contributed by atoms with van der Waals surface area (Å²) in [6, 6.07) is 21.9. The number of likely N-dealkylation sites (tertiary alicyclic amines) is 1. The summed E-state index contributed by atoms with van der Waals surface area (Å²) in [6.45, 7) is 0.922. The van der Waals surface area contributed by atoms with E-state index in [1.807, 2.05) is 72.1 Å². The van der Waals surface area contributed by atoms with E-state index in [1.54, 1.807) is 11.0 Å². The van der Waals surface area contributed by atoms with Crippen LogP contribution in [-0.2, 0) is 16.0 Å². The van der Waals surface area contributed by atoms with Crippen molar-refractivity contribution in [2.45, 2.75) is 25.3 Å². The highest BCUT2D eigenvalue weighted by molar-refractivity contribution is 7.12. The Balaban J connectivity index is 1.45. The second-order valence-corrected chi connectivity index (χ2v) is 9.12. The van der Waals surface area contributed by atoms with E-state index in [-0.39, 0.29) is 23.6 Å². The third-order valence-corrected chi connectivity index (χ3v) is 6.64. The van der Waals surface area contributed by atoms with Crippen LogP contribution in [0.25, 0.3) is 0 Å². The van der Waals surface area contributed by atoms with Crippen LogP contribution in [0.3, 0.4) is 0 Å². The fraction of sp³-hybridized carbons (Fsp3) is 0.269. The second-order valence-electron chi connectivity index (χ2n) is 8.17. The van der Waals surface area contributed by atoms with Crippen molar-refractivity contribution in [1.82, 2.24) is 10.2 Å². The number of nitrogens with zero attached hydrogens (tertiary/aromatic N) is 1. The van der Waals surface area contributed by atoms with Crippen LogP contribution < -0.4 is 10.6 Å². The monoisotopic (exact) mass is 461 g/mol. The van der Waals surface area contributed by atoms with Gasteiger partial charge in [0.25, 0.3) is 5.91 Å². The average Bonchev–Trinajstić information content (AvgIpc) is 3.40. The lowest BCUT2D eigenvalue weighted by atomic mass is 9.95. The highest BCUT2D eigenvalue weighted by atomic mass is 32.1. The third-order valence-electron chi connectivity index (χ3n) is 5.78. The number of hydrogen-bond donors (Lipinski definition) is 2. The van der Waals surface area contributed by atoms with Crippen molar-refractivity contribution in [1.29, 1.82) is 0 Å². The Morgan fingerprint density at radius 1 is 0.970 bits per heavy atom. The van der Waals surface area contributed by atoms with Gasteiger partial charge in [-0.1, -0.05) is 54.6 Å². The molecule has 0 aliphatic carbocycles. The first kappa shape index (κ1) is 22.7. The molecule has 1 fully saturated rings. The minimum absolute atomic E-state index is 0.0825. The van der Waals surface area contributed by atoms with E-state index in [2.05, 4.69) is 10.6 Å². The fourth-order valence-electron chi connectivity index (χ4n) is 4.06. The predicted octanol–water partition coefficient (Wildman–Crippen LogP) is 3.97. The Morgan fingerprint density at radius 3 is 2.39 bits per heavy atom. The smallest absolute Gasteiger partial charge is 0.262 e. The molecular weight excluding hydrogens is 434 g/mol. The van der Waals surface area contributed by atoms with Crippen molar-refractivity contribution in [3.05, 3.63) is 88.6 Å². The zero-order chi connectivity index (χ0) is 23.0. The molecule has 1 unspecified atom stereocenters. The van der Waals surface area contributed by atoms with Gasteiger partial charge in [-0.3, -0.25) is 14.4 Å². The number of para-hydroxylation sites is 1. The Kier molecular flexibility index (Phi) is 7.52. The van der Waals surface area contributed by atoms with E-state index in [4.69, 9.17) is 0 Å². The quantitative estimate of drug-likeness (QED) is 0.559. The summed E-state index contributed by atoms with van der Waals surface area (Å²) < 4.78 is 0. The first-order valence-corrected chi connectivity index (χ1v) is 12.0. The molecule has 3 aromatic rings. The molecule has 6 nitrogen and oxygen atoms in total. The molecule has 33 heavy (non-hydrogen) atoms. The lowest BCUT2D eigenvalue weighted by Gasteiger charge is -2.34. The summed E-state index contributed by atoms with van der Waals surface area (Å²) in [5.41, 5.74) is 1.72. The van der Waals surface area contributed by atoms with Crippen LogP contribution >= 0.6 is 11.3 Å². The maximum absolute atomic E-state index is 13.5. The van der Waals surface area contributed by atoms with E-state index < -0.39 is 6.04 Å². The summed E-state index contributed by atoms with van der Waals surface area (Å²) in [6.07, 6.45) is 1.87. The molecule has 0 bridgehead atoms. The molecule has 0 spiro atoms. The van der Waals surface area contributed by atoms with Crippen LogP contribution in [0.1, 0.15) is 28.1 Å². The molecule has 1 aromatic heterocycles. The normalized spacial score (nSPS) is 16.6. The number of nitrogens with one attached hydrogen (secondary N) is 2. The van der Waals surface area contributed by atoms with E-state index in [9.17, 15) is 14.4 Å². The lowest BCUT2D eigenvalue weighted by molar-refractivity contribution is -0.136. The Morgan fingerprint density at radius 2 is 1.70 bits per heavy atom. The number of rotatable bonds is 7. The van der Waals surface area contributed by atoms with Crippen molar-refractivity contribution in [2.75, 3.05) is 18.4 Å². The molecule has 2 heterocycles. The van der Waals surface area contributed by atoms with Gasteiger partial charge in [0.2, 0.25) is 11.8 Å². The molecule has 170 valence electrons. The second kappa shape index (κ2) is 10.9. The molecular formula is C26H27N3O3S. The zero-order valence-electron chi connectivity index (χ0n) is 18.3. The van der Waals surface area contributed by atoms with Crippen LogP contribution in [-0.4, -0.2) is 41.8 Å². The van der Waals surface area contributed by atoms with E-state index >= 15 is 0 Å². The SMILES string of the molecule is O=C(N[C@@H](Cc1ccccc1)C(=O)N1CCCC(C(=O)Nc2ccccc2)C1)c1cccs1. The van der Waals surface area contributed by atoms with Crippen LogP contribution in [0.15, 0.2) is 78.2 Å². The summed E-state index contributed by atoms with van der Waals surface area (Å²) in [7, 11) is 0. The Hall–Kier alpha value is -3.45. The lowest BCUT2D eigenvalue weighted by Crippen LogP contribution is -2.53. The molecule has 1 saturated heterocycles. The number of amides is 3. The van der Waals surface area contributed by atoms with Gasteiger partial charge < -0.3 is 15.5 Å². The van der Waals surface area contributed by atoms with Crippen molar-refractivity contribution >= 4 is 34.7 Å². The third kappa shape index (κ3) is 6.08. The van der Waals surface area contributed by atoms with Crippen molar-refractivity contribution in [3.63, 3.8) is 0 Å². The van der Waals surface area contributed by atoms with Gasteiger partial charge in [-0.15, -0.1) is 11.3 Å². The first-order chi connectivity index (χ1) is 16.1. The van der Waals surface area contributed by atoms with Gasteiger partial charge in [0.1, 0.15) is 6.04 Å². The van der Waals surface area contributed by atoms with Crippen molar-refractivity contribution in [2.24, 2.45) is 5.92 Å². The molecule has 4 rings (SSSR count). The number of carbonyl (C=O) groups is 3. The summed E-state index contributed by atoms with van der Waals surface area (Å²) in [5, 5.41) is 7.71. The first-order valence-electron chi connectivity index (χ1n) is 11.1. The minimum Gasteiger partial charge on any atom is -0.340 e. The van der Waals surface area contributed by atoms with E-state index in [0.29, 0.717) is 24.4 Å². The van der Waals surface area contributed by atoms with Gasteiger partial charge in [0.05, 0.1) is 10.8 Å². The van der Waals surface area contributed by atoms with Gasteiger partial charge in [0, 0.05) is 25.2 Å². The fourth-order valence-corrected chi connectivity index (χ4v) is 4.69. The molecule has 7 heteroatoms.